The average molecular weight is 334 g/mol. The first kappa shape index (κ1) is 15.8. The van der Waals surface area contributed by atoms with Gasteiger partial charge in [-0.2, -0.15) is 0 Å². The van der Waals surface area contributed by atoms with Crippen molar-refractivity contribution >= 4 is 17.5 Å². The predicted molar refractivity (Wildman–Crippen MR) is 91.4 cm³/mol. The molecule has 25 heavy (non-hydrogen) atoms. The Balaban J connectivity index is 1.86. The molecule has 1 saturated carbocycles. The normalized spacial score (nSPS) is 26.4. The van der Waals surface area contributed by atoms with Gasteiger partial charge in [0.05, 0.1) is 5.92 Å². The minimum atomic E-state index is -1.38. The molecule has 4 heteroatoms. The summed E-state index contributed by atoms with van der Waals surface area (Å²) in [7, 11) is 0. The molecule has 0 N–H and O–H groups in total. The molecule has 0 unspecified atom stereocenters. The minimum Gasteiger partial charge on any atom is -0.425 e. The highest BCUT2D eigenvalue weighted by atomic mass is 16.5. The van der Waals surface area contributed by atoms with Gasteiger partial charge in [-0.3, -0.25) is 14.4 Å². The number of ether oxygens (including phenoxy) is 1. The lowest BCUT2D eigenvalue weighted by atomic mass is 9.85. The van der Waals surface area contributed by atoms with Gasteiger partial charge >= 0.3 is 5.97 Å². The topological polar surface area (TPSA) is 60.4 Å². The van der Waals surface area contributed by atoms with E-state index in [9.17, 15) is 14.4 Å². The van der Waals surface area contributed by atoms with Crippen molar-refractivity contribution in [2.75, 3.05) is 0 Å². The summed E-state index contributed by atoms with van der Waals surface area (Å²) in [4.78, 5) is 38.9. The first-order chi connectivity index (χ1) is 12.0. The number of ketones is 2. The Hall–Kier alpha value is -2.75. The molecule has 1 aliphatic carbocycles. The van der Waals surface area contributed by atoms with E-state index < -0.39 is 23.2 Å². The molecule has 1 aliphatic heterocycles. The Bertz CT molecular complexity index is 884. The fourth-order valence-corrected chi connectivity index (χ4v) is 4.11. The van der Waals surface area contributed by atoms with Crippen LogP contribution < -0.4 is 4.74 Å². The zero-order chi connectivity index (χ0) is 17.8. The standard InChI is InChI=1S/C21H18O4/c1-12(2)19(23)21-16(14-10-6-7-11-15(14)25-20(21)24)17(21)18(22)13-8-4-3-5-9-13/h3-12,16-17H,1-2H3/t16-,17-,21-/m1/s1. The van der Waals surface area contributed by atoms with E-state index >= 15 is 0 Å². The summed E-state index contributed by atoms with van der Waals surface area (Å²) < 4.78 is 5.46. The highest BCUT2D eigenvalue weighted by Gasteiger charge is 2.79. The van der Waals surface area contributed by atoms with Gasteiger partial charge in [0.2, 0.25) is 0 Å². The molecule has 2 aliphatic rings. The number of fused-ring (bicyclic) bond motifs is 3. The van der Waals surface area contributed by atoms with Crippen LogP contribution >= 0.6 is 0 Å². The number of Topliss-reactive ketones (excluding diaryl/α,β-unsaturated/α-hetero) is 2. The molecule has 2 aromatic carbocycles. The fraction of sp³-hybridized carbons (Fsp3) is 0.286. The van der Waals surface area contributed by atoms with Crippen molar-refractivity contribution in [3.05, 3.63) is 65.7 Å². The molecular weight excluding hydrogens is 316 g/mol. The highest BCUT2D eigenvalue weighted by molar-refractivity contribution is 6.19. The summed E-state index contributed by atoms with van der Waals surface area (Å²) in [6.45, 7) is 3.51. The van der Waals surface area contributed by atoms with Crippen LogP contribution in [-0.2, 0) is 9.59 Å². The number of rotatable bonds is 4. The molecule has 2 aromatic rings. The Kier molecular flexibility index (Phi) is 3.39. The van der Waals surface area contributed by atoms with E-state index in [1.807, 2.05) is 18.2 Å². The van der Waals surface area contributed by atoms with E-state index in [-0.39, 0.29) is 17.5 Å². The number of benzene rings is 2. The summed E-state index contributed by atoms with van der Waals surface area (Å²) in [5, 5.41) is 0. The van der Waals surface area contributed by atoms with Gasteiger partial charge in [-0.25, -0.2) is 0 Å². The average Bonchev–Trinajstić information content (AvgIpc) is 3.33. The maximum Gasteiger partial charge on any atom is 0.326 e. The van der Waals surface area contributed by atoms with Gasteiger partial charge in [-0.1, -0.05) is 62.4 Å². The molecular formula is C21H18O4. The van der Waals surface area contributed by atoms with Gasteiger partial charge < -0.3 is 4.74 Å². The van der Waals surface area contributed by atoms with E-state index in [0.29, 0.717) is 11.3 Å². The Morgan fingerprint density at radius 3 is 2.32 bits per heavy atom. The van der Waals surface area contributed by atoms with Gasteiger partial charge in [-0.15, -0.1) is 0 Å². The third kappa shape index (κ3) is 2.03. The number of carbonyl (C=O) groups is 3. The number of hydrogen-bond acceptors (Lipinski definition) is 4. The fourth-order valence-electron chi connectivity index (χ4n) is 4.11. The SMILES string of the molecule is CC(C)C(=O)[C@@]12C(=O)Oc3ccccc3[C@@H]1[C@@H]2C(=O)c1ccccc1. The summed E-state index contributed by atoms with van der Waals surface area (Å²) in [5.41, 5.74) is -0.0939. The van der Waals surface area contributed by atoms with E-state index in [4.69, 9.17) is 4.74 Å². The summed E-state index contributed by atoms with van der Waals surface area (Å²) in [6, 6.07) is 16.0. The van der Waals surface area contributed by atoms with Crippen LogP contribution in [0.25, 0.3) is 0 Å². The summed E-state index contributed by atoms with van der Waals surface area (Å²) >= 11 is 0. The molecule has 1 heterocycles. The molecule has 126 valence electrons. The Morgan fingerprint density at radius 2 is 1.64 bits per heavy atom. The van der Waals surface area contributed by atoms with Crippen LogP contribution in [0.1, 0.15) is 35.7 Å². The van der Waals surface area contributed by atoms with Crippen molar-refractivity contribution in [3.8, 4) is 5.75 Å². The zero-order valence-corrected chi connectivity index (χ0v) is 14.1. The van der Waals surface area contributed by atoms with E-state index in [1.54, 1.807) is 50.2 Å². The van der Waals surface area contributed by atoms with Crippen LogP contribution in [0.15, 0.2) is 54.6 Å². The quantitative estimate of drug-likeness (QED) is 0.372. The van der Waals surface area contributed by atoms with Crippen molar-refractivity contribution in [1.29, 1.82) is 0 Å². The van der Waals surface area contributed by atoms with Gasteiger partial charge in [-0.05, 0) is 6.07 Å². The zero-order valence-electron chi connectivity index (χ0n) is 14.1. The molecule has 0 saturated heterocycles. The first-order valence-corrected chi connectivity index (χ1v) is 8.44. The third-order valence-corrected chi connectivity index (χ3v) is 5.27. The molecule has 0 amide bonds. The molecule has 1 fully saturated rings. The van der Waals surface area contributed by atoms with Crippen LogP contribution in [-0.4, -0.2) is 17.5 Å². The largest absolute Gasteiger partial charge is 0.425 e. The van der Waals surface area contributed by atoms with Gasteiger partial charge in [0.15, 0.2) is 11.6 Å². The van der Waals surface area contributed by atoms with Crippen LogP contribution in [0, 0.1) is 17.3 Å². The lowest BCUT2D eigenvalue weighted by molar-refractivity contribution is -0.149. The molecule has 0 bridgehead atoms. The van der Waals surface area contributed by atoms with Crippen LogP contribution in [0.5, 0.6) is 5.75 Å². The van der Waals surface area contributed by atoms with E-state index in [0.717, 1.165) is 5.56 Å². The van der Waals surface area contributed by atoms with Crippen LogP contribution in [0.4, 0.5) is 0 Å². The van der Waals surface area contributed by atoms with Gasteiger partial charge in [0, 0.05) is 23.0 Å². The van der Waals surface area contributed by atoms with Crippen molar-refractivity contribution in [1.82, 2.24) is 0 Å². The second kappa shape index (κ2) is 5.38. The van der Waals surface area contributed by atoms with Crippen LogP contribution in [0.2, 0.25) is 0 Å². The number of para-hydroxylation sites is 1. The van der Waals surface area contributed by atoms with Crippen molar-refractivity contribution in [2.45, 2.75) is 19.8 Å². The molecule has 4 nitrogen and oxygen atoms in total. The third-order valence-electron chi connectivity index (χ3n) is 5.27. The van der Waals surface area contributed by atoms with Crippen molar-refractivity contribution in [2.24, 2.45) is 17.3 Å². The number of esters is 1. The van der Waals surface area contributed by atoms with Crippen molar-refractivity contribution in [3.63, 3.8) is 0 Å². The van der Waals surface area contributed by atoms with Crippen LogP contribution in [0.3, 0.4) is 0 Å². The second-order valence-electron chi connectivity index (χ2n) is 7.00. The lowest BCUT2D eigenvalue weighted by Gasteiger charge is -2.23. The minimum absolute atomic E-state index is 0.173. The summed E-state index contributed by atoms with van der Waals surface area (Å²) in [6.07, 6.45) is 0. The van der Waals surface area contributed by atoms with E-state index in [1.165, 1.54) is 0 Å². The molecule has 0 spiro atoms. The predicted octanol–water partition coefficient (Wildman–Crippen LogP) is 3.41. The maximum atomic E-state index is 13.1. The maximum absolute atomic E-state index is 13.1. The second-order valence-corrected chi connectivity index (χ2v) is 7.00. The number of hydrogen-bond donors (Lipinski definition) is 0. The van der Waals surface area contributed by atoms with Gasteiger partial charge in [0.25, 0.3) is 0 Å². The highest BCUT2D eigenvalue weighted by Crippen LogP contribution is 2.70. The Morgan fingerprint density at radius 1 is 1.00 bits per heavy atom. The summed E-state index contributed by atoms with van der Waals surface area (Å²) in [5.74, 6) is -2.01. The molecule has 0 radical (unpaired) electrons. The smallest absolute Gasteiger partial charge is 0.326 e. The monoisotopic (exact) mass is 334 g/mol. The molecule has 3 atom stereocenters. The number of carbonyl (C=O) groups excluding carboxylic acids is 3. The van der Waals surface area contributed by atoms with Crippen molar-refractivity contribution < 1.29 is 19.1 Å². The molecule has 4 rings (SSSR count). The van der Waals surface area contributed by atoms with Gasteiger partial charge in [0.1, 0.15) is 11.2 Å². The Labute approximate surface area is 145 Å². The first-order valence-electron chi connectivity index (χ1n) is 8.44. The lowest BCUT2D eigenvalue weighted by Crippen LogP contribution is -2.38. The van der Waals surface area contributed by atoms with E-state index in [2.05, 4.69) is 0 Å². The molecule has 0 aromatic heterocycles.